The van der Waals surface area contributed by atoms with Gasteiger partial charge in [-0.2, -0.15) is 0 Å². The fourth-order valence-corrected chi connectivity index (χ4v) is 5.83. The Bertz CT molecular complexity index is 710. The van der Waals surface area contributed by atoms with Crippen LogP contribution < -0.4 is 0 Å². The quantitative estimate of drug-likeness (QED) is 0.573. The molecular weight excluding hydrogens is 327 g/mol. The summed E-state index contributed by atoms with van der Waals surface area (Å²) in [6, 6.07) is 4.38. The Hall–Kier alpha value is -1.18. The second-order valence-electron chi connectivity index (χ2n) is 7.52. The Morgan fingerprint density at radius 2 is 1.96 bits per heavy atom. The molecule has 2 aliphatic rings. The van der Waals surface area contributed by atoms with Crippen LogP contribution in [0.15, 0.2) is 35.6 Å². The van der Waals surface area contributed by atoms with Gasteiger partial charge < -0.3 is 4.57 Å². The summed E-state index contributed by atoms with van der Waals surface area (Å²) in [5.41, 5.74) is 6.71. The fraction of sp³-hybridized carbons (Fsp3) is 0.571. The maximum absolute atomic E-state index is 12.4. The molecule has 0 unspecified atom stereocenters. The zero-order valence-electron chi connectivity index (χ0n) is 15.9. The highest BCUT2D eigenvalue weighted by Crippen LogP contribution is 2.62. The first-order valence-corrected chi connectivity index (χ1v) is 11.7. The third-order valence-corrected chi connectivity index (χ3v) is 8.12. The standard InChI is InChI=1S/C21H31N2OP/c1-4-11-23(25(24)13-14-25)12-5-6-21-10-9-20(16-22-21)19-8-7-17(2)18(3)15-19/h9-10,15-16H,4-8,11-14H2,1-3H3. The average molecular weight is 358 g/mol. The molecule has 1 aromatic heterocycles. The predicted molar refractivity (Wildman–Crippen MR) is 107 cm³/mol. The SMILES string of the molecule is CCCN(CCCc1ccc(C2=CC(C)=C(C)CC2)cn1)P1(=O)CC1. The highest BCUT2D eigenvalue weighted by molar-refractivity contribution is 7.69. The number of hydrogen-bond donors (Lipinski definition) is 0. The van der Waals surface area contributed by atoms with Gasteiger partial charge in [-0.05, 0) is 63.2 Å². The molecule has 0 saturated carbocycles. The predicted octanol–water partition coefficient (Wildman–Crippen LogP) is 5.53. The van der Waals surface area contributed by atoms with Crippen LogP contribution in [0.5, 0.6) is 0 Å². The van der Waals surface area contributed by atoms with E-state index in [2.05, 4.69) is 48.6 Å². The van der Waals surface area contributed by atoms with Gasteiger partial charge in [0.2, 0.25) is 0 Å². The second-order valence-corrected chi connectivity index (χ2v) is 10.7. The molecule has 0 aromatic carbocycles. The van der Waals surface area contributed by atoms with E-state index in [1.165, 1.54) is 22.3 Å². The topological polar surface area (TPSA) is 33.2 Å². The smallest absolute Gasteiger partial charge is 0.151 e. The van der Waals surface area contributed by atoms with E-state index in [1.54, 1.807) is 0 Å². The molecule has 3 nitrogen and oxygen atoms in total. The molecule has 2 heterocycles. The summed E-state index contributed by atoms with van der Waals surface area (Å²) in [4.78, 5) is 4.67. The lowest BCUT2D eigenvalue weighted by Gasteiger charge is -2.20. The minimum Gasteiger partial charge on any atom is -0.307 e. The van der Waals surface area contributed by atoms with Gasteiger partial charge in [0.15, 0.2) is 7.29 Å². The largest absolute Gasteiger partial charge is 0.307 e. The molecule has 1 aliphatic carbocycles. The molecule has 4 heteroatoms. The normalized spacial score (nSPS) is 19.3. The zero-order valence-corrected chi connectivity index (χ0v) is 16.8. The zero-order chi connectivity index (χ0) is 17.9. The van der Waals surface area contributed by atoms with Crippen molar-refractivity contribution in [1.82, 2.24) is 9.65 Å². The minimum absolute atomic E-state index is 0.933. The molecule has 1 aromatic rings. The molecule has 25 heavy (non-hydrogen) atoms. The van der Waals surface area contributed by atoms with E-state index in [0.29, 0.717) is 0 Å². The molecule has 0 atom stereocenters. The average Bonchev–Trinajstić information content (AvgIpc) is 3.36. The first-order chi connectivity index (χ1) is 12.0. The summed E-state index contributed by atoms with van der Waals surface area (Å²) in [5, 5.41) is 0. The Morgan fingerprint density at radius 1 is 1.16 bits per heavy atom. The van der Waals surface area contributed by atoms with Crippen LogP contribution in [0.4, 0.5) is 0 Å². The molecule has 136 valence electrons. The van der Waals surface area contributed by atoms with Crippen LogP contribution in [0.3, 0.4) is 0 Å². The highest BCUT2D eigenvalue weighted by Gasteiger charge is 2.41. The Labute approximate surface area is 152 Å². The number of aromatic nitrogens is 1. The van der Waals surface area contributed by atoms with Crippen molar-refractivity contribution in [3.8, 4) is 0 Å². The lowest BCUT2D eigenvalue weighted by molar-refractivity contribution is 0.414. The molecule has 1 saturated heterocycles. The first kappa shape index (κ1) is 18.6. The van der Waals surface area contributed by atoms with E-state index >= 15 is 0 Å². The number of allylic oxidation sites excluding steroid dienone is 4. The summed E-state index contributed by atoms with van der Waals surface area (Å²) in [6.07, 6.45) is 11.6. The Balaban J connectivity index is 1.54. The monoisotopic (exact) mass is 358 g/mol. The van der Waals surface area contributed by atoms with Gasteiger partial charge in [0.05, 0.1) is 0 Å². The van der Waals surface area contributed by atoms with Crippen molar-refractivity contribution < 1.29 is 4.57 Å². The molecular formula is C21H31N2OP. The summed E-state index contributed by atoms with van der Waals surface area (Å²) in [5.74, 6) is 0. The van der Waals surface area contributed by atoms with Crippen LogP contribution in [-0.4, -0.2) is 35.1 Å². The summed E-state index contributed by atoms with van der Waals surface area (Å²) in [6.45, 7) is 8.51. The fourth-order valence-electron chi connectivity index (χ4n) is 3.51. The maximum atomic E-state index is 12.4. The van der Waals surface area contributed by atoms with Gasteiger partial charge in [-0.25, -0.2) is 0 Å². The summed E-state index contributed by atoms with van der Waals surface area (Å²) in [7, 11) is -1.90. The lowest BCUT2D eigenvalue weighted by Crippen LogP contribution is -2.19. The molecule has 0 radical (unpaired) electrons. The van der Waals surface area contributed by atoms with Crippen molar-refractivity contribution in [2.24, 2.45) is 0 Å². The van der Waals surface area contributed by atoms with Crippen molar-refractivity contribution in [3.63, 3.8) is 0 Å². The van der Waals surface area contributed by atoms with Crippen molar-refractivity contribution in [1.29, 1.82) is 0 Å². The number of aryl methyl sites for hydroxylation is 1. The first-order valence-electron chi connectivity index (χ1n) is 9.67. The number of hydrogen-bond acceptors (Lipinski definition) is 2. The molecule has 0 N–H and O–H groups in total. The van der Waals surface area contributed by atoms with Gasteiger partial charge in [-0.3, -0.25) is 9.65 Å². The van der Waals surface area contributed by atoms with Crippen molar-refractivity contribution in [3.05, 3.63) is 46.8 Å². The molecule has 3 rings (SSSR count). The number of nitrogens with zero attached hydrogens (tertiary/aromatic N) is 2. The number of rotatable bonds is 8. The van der Waals surface area contributed by atoms with Crippen LogP contribution in [0.1, 0.15) is 57.7 Å². The van der Waals surface area contributed by atoms with Gasteiger partial charge in [0, 0.05) is 37.3 Å². The van der Waals surface area contributed by atoms with Crippen molar-refractivity contribution in [2.75, 3.05) is 25.4 Å². The molecule has 1 fully saturated rings. The van der Waals surface area contributed by atoms with Crippen molar-refractivity contribution in [2.45, 2.75) is 52.9 Å². The van der Waals surface area contributed by atoms with Crippen LogP contribution in [0.2, 0.25) is 0 Å². The second kappa shape index (κ2) is 8.01. The van der Waals surface area contributed by atoms with Crippen molar-refractivity contribution >= 4 is 12.9 Å². The van der Waals surface area contributed by atoms with E-state index in [4.69, 9.17) is 0 Å². The lowest BCUT2D eigenvalue weighted by atomic mass is 9.90. The van der Waals surface area contributed by atoms with Gasteiger partial charge >= 0.3 is 0 Å². The third kappa shape index (κ3) is 4.71. The van der Waals surface area contributed by atoms with Gasteiger partial charge in [-0.1, -0.05) is 30.2 Å². The van der Waals surface area contributed by atoms with E-state index in [-0.39, 0.29) is 0 Å². The number of pyridine rings is 1. The maximum Gasteiger partial charge on any atom is 0.151 e. The Morgan fingerprint density at radius 3 is 2.56 bits per heavy atom. The van der Waals surface area contributed by atoms with Gasteiger partial charge in [0.1, 0.15) is 0 Å². The summed E-state index contributed by atoms with van der Waals surface area (Å²) >= 11 is 0. The van der Waals surface area contributed by atoms with E-state index < -0.39 is 7.29 Å². The molecule has 0 bridgehead atoms. The van der Waals surface area contributed by atoms with Crippen LogP contribution in [-0.2, 0) is 11.0 Å². The summed E-state index contributed by atoms with van der Waals surface area (Å²) < 4.78 is 14.7. The van der Waals surface area contributed by atoms with E-state index in [9.17, 15) is 4.57 Å². The van der Waals surface area contributed by atoms with E-state index in [0.717, 1.165) is 63.2 Å². The highest BCUT2D eigenvalue weighted by atomic mass is 31.2. The molecule has 1 aliphatic heterocycles. The van der Waals surface area contributed by atoms with Gasteiger partial charge in [0.25, 0.3) is 0 Å². The van der Waals surface area contributed by atoms with E-state index in [1.807, 2.05) is 6.20 Å². The molecule has 0 amide bonds. The van der Waals surface area contributed by atoms with Gasteiger partial charge in [-0.15, -0.1) is 0 Å². The third-order valence-electron chi connectivity index (χ3n) is 5.48. The Kier molecular flexibility index (Phi) is 5.96. The van der Waals surface area contributed by atoms with Crippen LogP contribution >= 0.6 is 7.29 Å². The van der Waals surface area contributed by atoms with Crippen LogP contribution in [0.25, 0.3) is 5.57 Å². The molecule has 0 spiro atoms. The minimum atomic E-state index is -1.90. The van der Waals surface area contributed by atoms with Crippen LogP contribution in [0, 0.1) is 0 Å².